The molecule has 0 saturated heterocycles. The number of allylic oxidation sites excluding steroid dienone is 3. The molecule has 88 valence electrons. The van der Waals surface area contributed by atoms with Gasteiger partial charge in [0.2, 0.25) is 0 Å². The van der Waals surface area contributed by atoms with Crippen molar-refractivity contribution in [3.63, 3.8) is 0 Å². The van der Waals surface area contributed by atoms with E-state index >= 15 is 0 Å². The van der Waals surface area contributed by atoms with Gasteiger partial charge in [0, 0.05) is 12.8 Å². The second-order valence-corrected chi connectivity index (χ2v) is 4.14. The van der Waals surface area contributed by atoms with Gasteiger partial charge in [-0.2, -0.15) is 0 Å². The number of aliphatic hydroxyl groups is 1. The fourth-order valence-electron chi connectivity index (χ4n) is 1.61. The van der Waals surface area contributed by atoms with Gasteiger partial charge in [-0.1, -0.05) is 12.2 Å². The van der Waals surface area contributed by atoms with E-state index in [4.69, 9.17) is 0 Å². The maximum atomic E-state index is 11.5. The van der Waals surface area contributed by atoms with E-state index in [0.717, 1.165) is 12.8 Å². The lowest BCUT2D eigenvalue weighted by Gasteiger charge is -2.06. The van der Waals surface area contributed by atoms with Crippen LogP contribution in [-0.2, 0) is 9.59 Å². The molecule has 1 atom stereocenters. The van der Waals surface area contributed by atoms with Crippen LogP contribution in [-0.4, -0.2) is 22.8 Å². The molecule has 0 saturated carbocycles. The Balaban J connectivity index is 2.69. The Morgan fingerprint density at radius 2 is 2.06 bits per heavy atom. The summed E-state index contributed by atoms with van der Waals surface area (Å²) in [5.74, 6) is -0.0401. The van der Waals surface area contributed by atoms with Gasteiger partial charge < -0.3 is 5.11 Å². The first-order valence-electron chi connectivity index (χ1n) is 5.68. The molecular weight excluding hydrogens is 204 g/mol. The zero-order valence-corrected chi connectivity index (χ0v) is 9.61. The van der Waals surface area contributed by atoms with Crippen LogP contribution in [0.25, 0.3) is 0 Å². The topological polar surface area (TPSA) is 54.4 Å². The van der Waals surface area contributed by atoms with E-state index in [-0.39, 0.29) is 18.0 Å². The van der Waals surface area contributed by atoms with E-state index in [2.05, 4.69) is 0 Å². The minimum atomic E-state index is -0.548. The minimum absolute atomic E-state index is 0.0443. The molecule has 0 aromatic rings. The fraction of sp³-hybridized carbons (Fsp3) is 0.538. The van der Waals surface area contributed by atoms with Gasteiger partial charge in [0.1, 0.15) is 0 Å². The molecule has 0 radical (unpaired) electrons. The largest absolute Gasteiger partial charge is 0.389 e. The highest BCUT2D eigenvalue weighted by Crippen LogP contribution is 2.09. The van der Waals surface area contributed by atoms with E-state index in [1.165, 1.54) is 6.08 Å². The number of carbonyl (C=O) groups is 2. The SMILES string of the molecule is C/C1=C/C(=O)CCC(O)/C=C/CCCC1=O. The molecule has 3 heteroatoms. The lowest BCUT2D eigenvalue weighted by Crippen LogP contribution is -2.08. The molecule has 0 amide bonds. The van der Waals surface area contributed by atoms with Crippen LogP contribution in [0.2, 0.25) is 0 Å². The van der Waals surface area contributed by atoms with Gasteiger partial charge in [0.25, 0.3) is 0 Å². The normalized spacial score (nSPS) is 29.9. The third kappa shape index (κ3) is 4.53. The number of carbonyl (C=O) groups excluding carboxylic acids is 2. The van der Waals surface area contributed by atoms with Gasteiger partial charge in [-0.3, -0.25) is 9.59 Å². The van der Waals surface area contributed by atoms with Crippen LogP contribution in [0.3, 0.4) is 0 Å². The molecule has 0 bridgehead atoms. The van der Waals surface area contributed by atoms with Crippen molar-refractivity contribution in [1.82, 2.24) is 0 Å². The van der Waals surface area contributed by atoms with Gasteiger partial charge >= 0.3 is 0 Å². The molecule has 1 N–H and O–H groups in total. The summed E-state index contributed by atoms with van der Waals surface area (Å²) in [6, 6.07) is 0. The van der Waals surface area contributed by atoms with E-state index < -0.39 is 6.10 Å². The Labute approximate surface area is 95.9 Å². The van der Waals surface area contributed by atoms with Crippen LogP contribution < -0.4 is 0 Å². The summed E-state index contributed by atoms with van der Waals surface area (Å²) in [7, 11) is 0. The molecule has 1 rings (SSSR count). The average Bonchev–Trinajstić information content (AvgIpc) is 2.24. The van der Waals surface area contributed by atoms with Gasteiger partial charge in [-0.25, -0.2) is 0 Å². The smallest absolute Gasteiger partial charge is 0.158 e. The summed E-state index contributed by atoms with van der Waals surface area (Å²) in [5.41, 5.74) is 0.532. The summed E-state index contributed by atoms with van der Waals surface area (Å²) in [6.07, 6.45) is 7.18. The zero-order valence-electron chi connectivity index (χ0n) is 9.61. The molecule has 1 aliphatic rings. The summed E-state index contributed by atoms with van der Waals surface area (Å²) < 4.78 is 0. The van der Waals surface area contributed by atoms with Crippen LogP contribution in [0.1, 0.15) is 39.0 Å². The number of Topliss-reactive ketones (excluding diaryl/α,β-unsaturated/α-hetero) is 1. The third-order valence-electron chi connectivity index (χ3n) is 2.64. The highest BCUT2D eigenvalue weighted by molar-refractivity contribution is 6.02. The molecule has 3 nitrogen and oxygen atoms in total. The van der Waals surface area contributed by atoms with Crippen LogP contribution >= 0.6 is 0 Å². The van der Waals surface area contributed by atoms with Gasteiger partial charge in [-0.15, -0.1) is 0 Å². The van der Waals surface area contributed by atoms with Crippen molar-refractivity contribution < 1.29 is 14.7 Å². The van der Waals surface area contributed by atoms with Crippen LogP contribution in [0.15, 0.2) is 23.8 Å². The molecule has 1 unspecified atom stereocenters. The first-order valence-corrected chi connectivity index (χ1v) is 5.68. The predicted molar refractivity (Wildman–Crippen MR) is 62.0 cm³/mol. The number of rotatable bonds is 0. The van der Waals surface area contributed by atoms with Gasteiger partial charge in [-0.05, 0) is 37.8 Å². The maximum absolute atomic E-state index is 11.5. The molecule has 0 spiro atoms. The summed E-state index contributed by atoms with van der Waals surface area (Å²) in [4.78, 5) is 23.0. The van der Waals surface area contributed by atoms with E-state index in [9.17, 15) is 14.7 Å². The number of hydrogen-bond acceptors (Lipinski definition) is 3. The standard InChI is InChI=1S/C13H18O3/c1-10-9-12(15)8-7-11(14)5-3-2-4-6-13(10)16/h3,5,9,11,14H,2,4,6-8H2,1H3/b5-3+,10-9-. The summed E-state index contributed by atoms with van der Waals surface area (Å²) in [6.45, 7) is 1.68. The monoisotopic (exact) mass is 222 g/mol. The van der Waals surface area contributed by atoms with Crippen molar-refractivity contribution in [2.75, 3.05) is 0 Å². The molecule has 1 aliphatic carbocycles. The number of hydrogen-bond donors (Lipinski definition) is 1. The van der Waals surface area contributed by atoms with Crippen molar-refractivity contribution in [3.8, 4) is 0 Å². The second-order valence-electron chi connectivity index (χ2n) is 4.14. The molecule has 0 heterocycles. The van der Waals surface area contributed by atoms with Crippen molar-refractivity contribution in [2.45, 2.75) is 45.1 Å². The molecule has 0 aromatic carbocycles. The van der Waals surface area contributed by atoms with Crippen LogP contribution in [0, 0.1) is 0 Å². The first kappa shape index (κ1) is 12.8. The van der Waals surface area contributed by atoms with Crippen molar-refractivity contribution >= 4 is 11.6 Å². The lowest BCUT2D eigenvalue weighted by atomic mass is 10.0. The van der Waals surface area contributed by atoms with Gasteiger partial charge in [0.05, 0.1) is 6.10 Å². The quantitative estimate of drug-likeness (QED) is 0.637. The average molecular weight is 222 g/mol. The third-order valence-corrected chi connectivity index (χ3v) is 2.64. The highest BCUT2D eigenvalue weighted by atomic mass is 16.3. The minimum Gasteiger partial charge on any atom is -0.389 e. The summed E-state index contributed by atoms with van der Waals surface area (Å²) >= 11 is 0. The predicted octanol–water partition coefficient (Wildman–Crippen LogP) is 1.95. The Morgan fingerprint density at radius 3 is 2.81 bits per heavy atom. The van der Waals surface area contributed by atoms with Crippen LogP contribution in [0.5, 0.6) is 0 Å². The second kappa shape index (κ2) is 6.38. The fourth-order valence-corrected chi connectivity index (χ4v) is 1.61. The van der Waals surface area contributed by atoms with E-state index in [1.807, 2.05) is 6.08 Å². The molecular formula is C13H18O3. The zero-order chi connectivity index (χ0) is 12.0. The maximum Gasteiger partial charge on any atom is 0.158 e. The molecule has 0 aliphatic heterocycles. The lowest BCUT2D eigenvalue weighted by molar-refractivity contribution is -0.117. The first-order chi connectivity index (χ1) is 7.59. The van der Waals surface area contributed by atoms with Crippen molar-refractivity contribution in [3.05, 3.63) is 23.8 Å². The Hall–Kier alpha value is -1.22. The number of aliphatic hydroxyl groups excluding tert-OH is 1. The Morgan fingerprint density at radius 1 is 1.31 bits per heavy atom. The Bertz CT molecular complexity index is 326. The van der Waals surface area contributed by atoms with Crippen LogP contribution in [0.4, 0.5) is 0 Å². The molecule has 0 fully saturated rings. The van der Waals surface area contributed by atoms with Gasteiger partial charge in [0.15, 0.2) is 11.6 Å². The van der Waals surface area contributed by atoms with E-state index in [1.54, 1.807) is 13.0 Å². The number of ketones is 2. The molecule has 16 heavy (non-hydrogen) atoms. The highest BCUT2D eigenvalue weighted by Gasteiger charge is 2.09. The molecule has 0 aromatic heterocycles. The van der Waals surface area contributed by atoms with Crippen molar-refractivity contribution in [2.24, 2.45) is 0 Å². The van der Waals surface area contributed by atoms with E-state index in [0.29, 0.717) is 18.4 Å². The summed E-state index contributed by atoms with van der Waals surface area (Å²) in [5, 5.41) is 9.50. The van der Waals surface area contributed by atoms with Crippen molar-refractivity contribution in [1.29, 1.82) is 0 Å². The Kier molecular flexibility index (Phi) is 5.12.